The Balaban J connectivity index is 1.44. The van der Waals surface area contributed by atoms with E-state index in [9.17, 15) is 32.8 Å². The van der Waals surface area contributed by atoms with Gasteiger partial charge in [-0.15, -0.1) is 0 Å². The average Bonchev–Trinajstić information content (AvgIpc) is 2.96. The van der Waals surface area contributed by atoms with Gasteiger partial charge < -0.3 is 20.1 Å². The number of fused-ring (bicyclic) bond motifs is 1. The molecule has 228 valence electrons. The van der Waals surface area contributed by atoms with Crippen LogP contribution in [0.4, 0.5) is 23.7 Å². The van der Waals surface area contributed by atoms with Crippen molar-refractivity contribution in [3.05, 3.63) is 86.9 Å². The van der Waals surface area contributed by atoms with Gasteiger partial charge in [-0.3, -0.25) is 15.0 Å². The third-order valence-electron chi connectivity index (χ3n) is 6.42. The van der Waals surface area contributed by atoms with Crippen LogP contribution in [0.3, 0.4) is 0 Å². The van der Waals surface area contributed by atoms with E-state index in [-0.39, 0.29) is 33.9 Å². The molecular formula is C29H22Cl2F3N5O5. The van der Waals surface area contributed by atoms with Crippen LogP contribution < -0.4 is 15.9 Å². The second-order valence-electron chi connectivity index (χ2n) is 9.49. The predicted octanol–water partition coefficient (Wildman–Crippen LogP) is 6.35. The SMILES string of the molecule is CC(OC(N)=O)C(=O)C(C#N)=NNc1cc(Cl)c(Oc2ccc3c(c2)CCN(Cc2ccc(C(F)(F)F)cc2)C3=O)c(Cl)c1. The molecule has 4 rings (SSSR count). The molecule has 3 aromatic rings. The molecule has 15 heteroatoms. The zero-order chi connectivity index (χ0) is 32.2. The Morgan fingerprint density at radius 1 is 1.14 bits per heavy atom. The molecule has 10 nitrogen and oxygen atoms in total. The molecule has 3 N–H and O–H groups in total. The number of hydrazone groups is 1. The van der Waals surface area contributed by atoms with E-state index in [0.29, 0.717) is 35.4 Å². The molecule has 3 aromatic carbocycles. The van der Waals surface area contributed by atoms with Crippen LogP contribution in [0, 0.1) is 11.3 Å². The summed E-state index contributed by atoms with van der Waals surface area (Å²) in [5.41, 5.74) is 7.96. The minimum Gasteiger partial charge on any atom is -0.454 e. The van der Waals surface area contributed by atoms with Crippen molar-refractivity contribution in [3.63, 3.8) is 0 Å². The maximum absolute atomic E-state index is 13.1. The summed E-state index contributed by atoms with van der Waals surface area (Å²) in [5.74, 6) is -0.717. The highest BCUT2D eigenvalue weighted by Gasteiger charge is 2.30. The van der Waals surface area contributed by atoms with Gasteiger partial charge in [0.2, 0.25) is 11.5 Å². The number of nitrogens with zero attached hydrogens (tertiary/aromatic N) is 3. The number of nitrogens with two attached hydrogens (primary N) is 1. The third-order valence-corrected chi connectivity index (χ3v) is 6.98. The topological polar surface area (TPSA) is 147 Å². The second kappa shape index (κ2) is 13.2. The number of primary amides is 1. The maximum atomic E-state index is 13.1. The fourth-order valence-electron chi connectivity index (χ4n) is 4.26. The van der Waals surface area contributed by atoms with Crippen molar-refractivity contribution in [1.29, 1.82) is 5.26 Å². The number of alkyl halides is 3. The van der Waals surface area contributed by atoms with Crippen LogP contribution in [0.5, 0.6) is 11.5 Å². The lowest BCUT2D eigenvalue weighted by Gasteiger charge is -2.29. The zero-order valence-electron chi connectivity index (χ0n) is 22.7. The number of ether oxygens (including phenoxy) is 2. The molecule has 1 aliphatic rings. The number of anilines is 1. The number of carbonyl (C=O) groups excluding carboxylic acids is 3. The quantitative estimate of drug-likeness (QED) is 0.203. The van der Waals surface area contributed by atoms with Crippen LogP contribution in [-0.4, -0.2) is 41.0 Å². The minimum absolute atomic E-state index is 0.0574. The van der Waals surface area contributed by atoms with Gasteiger partial charge in [-0.2, -0.15) is 23.5 Å². The summed E-state index contributed by atoms with van der Waals surface area (Å²) >= 11 is 12.8. The number of benzene rings is 3. The molecule has 0 fully saturated rings. The first kappa shape index (κ1) is 32.1. The van der Waals surface area contributed by atoms with Crippen LogP contribution in [0.15, 0.2) is 59.7 Å². The molecule has 0 bridgehead atoms. The number of ketones is 1. The van der Waals surface area contributed by atoms with Crippen molar-refractivity contribution in [3.8, 4) is 17.6 Å². The van der Waals surface area contributed by atoms with E-state index in [1.807, 2.05) is 0 Å². The van der Waals surface area contributed by atoms with Crippen LogP contribution in [0.1, 0.15) is 34.0 Å². The van der Waals surface area contributed by atoms with Crippen LogP contribution in [0.25, 0.3) is 0 Å². The largest absolute Gasteiger partial charge is 0.454 e. The summed E-state index contributed by atoms with van der Waals surface area (Å²) in [6.45, 7) is 1.74. The first-order chi connectivity index (χ1) is 20.8. The highest BCUT2D eigenvalue weighted by atomic mass is 35.5. The first-order valence-electron chi connectivity index (χ1n) is 12.8. The van der Waals surface area contributed by atoms with Crippen LogP contribution >= 0.6 is 23.2 Å². The van der Waals surface area contributed by atoms with Gasteiger partial charge in [-0.05, 0) is 66.9 Å². The molecule has 0 spiro atoms. The number of Topliss-reactive ketones (excluding diaryl/α,β-unsaturated/α-hetero) is 1. The fourth-order valence-corrected chi connectivity index (χ4v) is 4.83. The number of halogens is 5. The summed E-state index contributed by atoms with van der Waals surface area (Å²) in [6, 6.07) is 13.9. The molecule has 0 saturated heterocycles. The molecule has 0 aromatic heterocycles. The van der Waals surface area contributed by atoms with Gasteiger partial charge in [0.25, 0.3) is 5.91 Å². The normalized spacial score (nSPS) is 13.9. The second-order valence-corrected chi connectivity index (χ2v) is 10.3. The Bertz CT molecular complexity index is 1670. The molecule has 0 saturated carbocycles. The zero-order valence-corrected chi connectivity index (χ0v) is 24.3. The van der Waals surface area contributed by atoms with E-state index < -0.39 is 35.4 Å². The molecule has 1 unspecified atom stereocenters. The van der Waals surface area contributed by atoms with Crippen molar-refractivity contribution in [2.45, 2.75) is 32.2 Å². The molecule has 1 aliphatic heterocycles. The lowest BCUT2D eigenvalue weighted by Crippen LogP contribution is -2.37. The van der Waals surface area contributed by atoms with E-state index in [1.165, 1.54) is 31.2 Å². The van der Waals surface area contributed by atoms with Crippen molar-refractivity contribution in [1.82, 2.24) is 4.90 Å². The lowest BCUT2D eigenvalue weighted by molar-refractivity contribution is -0.137. The standard InChI is InChI=1S/C29H22Cl2F3N5O5/c1-15(43-28(36)42)25(40)24(13-35)38-37-19-11-22(30)26(23(31)12-19)44-20-6-7-21-17(10-20)8-9-39(27(21)41)14-16-2-4-18(5-3-16)29(32,33)34/h2-7,10-12,15,37H,8-9,14H2,1H3,(H2,36,42). The van der Waals surface area contributed by atoms with Crippen molar-refractivity contribution < 1.29 is 37.0 Å². The van der Waals surface area contributed by atoms with Gasteiger partial charge in [0, 0.05) is 18.7 Å². The predicted molar refractivity (Wildman–Crippen MR) is 155 cm³/mol. The fraction of sp³-hybridized carbons (Fsp3) is 0.207. The van der Waals surface area contributed by atoms with Gasteiger partial charge in [0.1, 0.15) is 11.8 Å². The van der Waals surface area contributed by atoms with E-state index in [2.05, 4.69) is 15.3 Å². The number of hydrogen-bond donors (Lipinski definition) is 2. The molecular weight excluding hydrogens is 626 g/mol. The number of nitrogens with one attached hydrogen (secondary N) is 1. The summed E-state index contributed by atoms with van der Waals surface area (Å²) in [7, 11) is 0. The minimum atomic E-state index is -4.44. The molecule has 44 heavy (non-hydrogen) atoms. The number of nitriles is 1. The summed E-state index contributed by atoms with van der Waals surface area (Å²) in [6.07, 6.45) is -6.48. The third kappa shape index (κ3) is 7.58. The Morgan fingerprint density at radius 3 is 2.39 bits per heavy atom. The van der Waals surface area contributed by atoms with Gasteiger partial charge in [0.15, 0.2) is 11.9 Å². The van der Waals surface area contributed by atoms with E-state index in [4.69, 9.17) is 33.7 Å². The van der Waals surface area contributed by atoms with Crippen molar-refractivity contribution in [2.24, 2.45) is 10.8 Å². The summed E-state index contributed by atoms with van der Waals surface area (Å²) < 4.78 is 49.0. The van der Waals surface area contributed by atoms with Gasteiger partial charge in [-0.1, -0.05) is 35.3 Å². The van der Waals surface area contributed by atoms with Crippen molar-refractivity contribution in [2.75, 3.05) is 12.0 Å². The van der Waals surface area contributed by atoms with Gasteiger partial charge in [0.05, 0.1) is 21.3 Å². The Labute approximate surface area is 258 Å². The average molecular weight is 648 g/mol. The first-order valence-corrected chi connectivity index (χ1v) is 13.5. The van der Waals surface area contributed by atoms with Gasteiger partial charge in [-0.25, -0.2) is 4.79 Å². The highest BCUT2D eigenvalue weighted by molar-refractivity contribution is 6.47. The molecule has 1 heterocycles. The van der Waals surface area contributed by atoms with E-state index >= 15 is 0 Å². The highest BCUT2D eigenvalue weighted by Crippen LogP contribution is 2.39. The summed E-state index contributed by atoms with van der Waals surface area (Å²) in [4.78, 5) is 37.7. The number of hydrogen-bond acceptors (Lipinski definition) is 8. The smallest absolute Gasteiger partial charge is 0.416 e. The molecule has 0 radical (unpaired) electrons. The van der Waals surface area contributed by atoms with E-state index in [1.54, 1.807) is 29.2 Å². The number of amides is 2. The Hall–Kier alpha value is -4.80. The summed E-state index contributed by atoms with van der Waals surface area (Å²) in [5, 5.41) is 13.1. The van der Waals surface area contributed by atoms with Crippen LogP contribution in [0.2, 0.25) is 10.0 Å². The Morgan fingerprint density at radius 2 is 1.80 bits per heavy atom. The molecule has 1 atom stereocenters. The number of carbonyl (C=O) groups is 3. The molecule has 0 aliphatic carbocycles. The van der Waals surface area contributed by atoms with Crippen molar-refractivity contribution >= 4 is 52.4 Å². The van der Waals surface area contributed by atoms with Gasteiger partial charge >= 0.3 is 12.3 Å². The lowest BCUT2D eigenvalue weighted by atomic mass is 9.98. The van der Waals surface area contributed by atoms with Crippen LogP contribution in [-0.2, 0) is 28.7 Å². The maximum Gasteiger partial charge on any atom is 0.416 e. The molecule has 2 amide bonds. The number of rotatable bonds is 9. The Kier molecular flexibility index (Phi) is 9.66. The monoisotopic (exact) mass is 647 g/mol. The van der Waals surface area contributed by atoms with E-state index in [0.717, 1.165) is 12.1 Å².